The average molecular weight is 266 g/mol. The molecule has 0 aliphatic carbocycles. The van der Waals surface area contributed by atoms with Gasteiger partial charge in [-0.15, -0.1) is 0 Å². The van der Waals surface area contributed by atoms with Crippen molar-refractivity contribution < 1.29 is 4.79 Å². The number of hydrogen-bond donors (Lipinski definition) is 2. The van der Waals surface area contributed by atoms with E-state index in [1.54, 1.807) is 11.8 Å². The van der Waals surface area contributed by atoms with Crippen molar-refractivity contribution >= 4 is 17.7 Å². The van der Waals surface area contributed by atoms with Crippen molar-refractivity contribution in [3.8, 4) is 0 Å². The van der Waals surface area contributed by atoms with Gasteiger partial charge in [0.05, 0.1) is 6.04 Å². The van der Waals surface area contributed by atoms with Gasteiger partial charge < -0.3 is 11.1 Å². The summed E-state index contributed by atoms with van der Waals surface area (Å²) in [6, 6.07) is 9.39. The van der Waals surface area contributed by atoms with Crippen molar-refractivity contribution in [1.29, 1.82) is 0 Å². The van der Waals surface area contributed by atoms with Crippen molar-refractivity contribution in [3.63, 3.8) is 0 Å². The van der Waals surface area contributed by atoms with Gasteiger partial charge in [-0.1, -0.05) is 37.3 Å². The Hall–Kier alpha value is -1.00. The van der Waals surface area contributed by atoms with Crippen LogP contribution < -0.4 is 11.1 Å². The fraction of sp³-hybridized carbons (Fsp3) is 0.500. The molecular weight excluding hydrogens is 244 g/mol. The number of benzene rings is 1. The monoisotopic (exact) mass is 266 g/mol. The highest BCUT2D eigenvalue weighted by Crippen LogP contribution is 2.08. The molecule has 0 fully saturated rings. The van der Waals surface area contributed by atoms with Crippen LogP contribution in [0.2, 0.25) is 0 Å². The zero-order chi connectivity index (χ0) is 13.4. The normalized spacial score (nSPS) is 13.9. The van der Waals surface area contributed by atoms with Crippen molar-refractivity contribution in [3.05, 3.63) is 35.9 Å². The maximum atomic E-state index is 11.8. The number of amides is 1. The SMILES string of the molecule is CSC(C)CCNC(=O)[C@@H](N)Cc1ccccc1. The fourth-order valence-corrected chi connectivity index (χ4v) is 1.96. The summed E-state index contributed by atoms with van der Waals surface area (Å²) in [6.45, 7) is 2.85. The number of rotatable bonds is 7. The summed E-state index contributed by atoms with van der Waals surface area (Å²) in [5.74, 6) is -0.0628. The Morgan fingerprint density at radius 1 is 1.39 bits per heavy atom. The molecule has 0 saturated heterocycles. The van der Waals surface area contributed by atoms with Crippen LogP contribution in [0.15, 0.2) is 30.3 Å². The van der Waals surface area contributed by atoms with Gasteiger partial charge in [0.2, 0.25) is 5.91 Å². The molecule has 0 spiro atoms. The first kappa shape index (κ1) is 15.1. The number of carbonyl (C=O) groups is 1. The first-order valence-corrected chi connectivity index (χ1v) is 7.52. The quantitative estimate of drug-likeness (QED) is 0.791. The lowest BCUT2D eigenvalue weighted by Crippen LogP contribution is -2.42. The van der Waals surface area contributed by atoms with Crippen LogP contribution in [-0.2, 0) is 11.2 Å². The molecule has 1 aromatic rings. The largest absolute Gasteiger partial charge is 0.355 e. The molecule has 3 nitrogen and oxygen atoms in total. The van der Waals surface area contributed by atoms with E-state index in [1.807, 2.05) is 30.3 Å². The van der Waals surface area contributed by atoms with Gasteiger partial charge in [0.15, 0.2) is 0 Å². The first-order valence-electron chi connectivity index (χ1n) is 6.23. The summed E-state index contributed by atoms with van der Waals surface area (Å²) in [5.41, 5.74) is 6.98. The molecule has 0 saturated carbocycles. The van der Waals surface area contributed by atoms with Crippen LogP contribution >= 0.6 is 11.8 Å². The van der Waals surface area contributed by atoms with Crippen molar-refractivity contribution in [1.82, 2.24) is 5.32 Å². The predicted molar refractivity (Wildman–Crippen MR) is 78.7 cm³/mol. The average Bonchev–Trinajstić information content (AvgIpc) is 2.39. The molecule has 0 aromatic heterocycles. The maximum absolute atomic E-state index is 11.8. The summed E-state index contributed by atoms with van der Waals surface area (Å²) in [4.78, 5) is 11.8. The van der Waals surface area contributed by atoms with Gasteiger partial charge in [-0.05, 0) is 24.7 Å². The minimum atomic E-state index is -0.461. The second kappa shape index (κ2) is 8.16. The van der Waals surface area contributed by atoms with Gasteiger partial charge in [-0.25, -0.2) is 0 Å². The van der Waals surface area contributed by atoms with Crippen LogP contribution in [0.25, 0.3) is 0 Å². The Bertz CT molecular complexity index is 356. The van der Waals surface area contributed by atoms with Crippen LogP contribution in [0.1, 0.15) is 18.9 Å². The van der Waals surface area contributed by atoms with E-state index in [9.17, 15) is 4.79 Å². The second-order valence-corrected chi connectivity index (χ2v) is 5.70. The lowest BCUT2D eigenvalue weighted by Gasteiger charge is -2.13. The molecule has 0 bridgehead atoms. The summed E-state index contributed by atoms with van der Waals surface area (Å²) >= 11 is 1.80. The van der Waals surface area contributed by atoms with Crippen LogP contribution in [0, 0.1) is 0 Å². The van der Waals surface area contributed by atoms with Crippen molar-refractivity contribution in [2.45, 2.75) is 31.1 Å². The van der Waals surface area contributed by atoms with E-state index >= 15 is 0 Å². The third kappa shape index (κ3) is 5.56. The number of thioether (sulfide) groups is 1. The Labute approximate surface area is 114 Å². The van der Waals surface area contributed by atoms with E-state index in [0.717, 1.165) is 12.0 Å². The Morgan fingerprint density at radius 2 is 2.06 bits per heavy atom. The van der Waals surface area contributed by atoms with E-state index in [1.165, 1.54) is 0 Å². The molecule has 1 unspecified atom stereocenters. The molecule has 3 N–H and O–H groups in total. The van der Waals surface area contributed by atoms with E-state index in [0.29, 0.717) is 18.2 Å². The summed E-state index contributed by atoms with van der Waals surface area (Å²) in [5, 5.41) is 3.46. The fourth-order valence-electron chi connectivity index (χ4n) is 1.61. The van der Waals surface area contributed by atoms with E-state index in [2.05, 4.69) is 18.5 Å². The van der Waals surface area contributed by atoms with Gasteiger partial charge in [0, 0.05) is 11.8 Å². The van der Waals surface area contributed by atoms with Gasteiger partial charge in [0.25, 0.3) is 0 Å². The lowest BCUT2D eigenvalue weighted by atomic mass is 10.1. The lowest BCUT2D eigenvalue weighted by molar-refractivity contribution is -0.122. The highest BCUT2D eigenvalue weighted by molar-refractivity contribution is 7.99. The van der Waals surface area contributed by atoms with E-state index in [-0.39, 0.29) is 5.91 Å². The highest BCUT2D eigenvalue weighted by atomic mass is 32.2. The van der Waals surface area contributed by atoms with Crippen LogP contribution in [0.4, 0.5) is 0 Å². The molecule has 0 aliphatic heterocycles. The van der Waals surface area contributed by atoms with Crippen LogP contribution in [0.3, 0.4) is 0 Å². The Balaban J connectivity index is 2.29. The molecular formula is C14H22N2OS. The summed E-state index contributed by atoms with van der Waals surface area (Å²) < 4.78 is 0. The highest BCUT2D eigenvalue weighted by Gasteiger charge is 2.13. The minimum absolute atomic E-state index is 0.0628. The van der Waals surface area contributed by atoms with Crippen molar-refractivity contribution in [2.24, 2.45) is 5.73 Å². The van der Waals surface area contributed by atoms with Crippen LogP contribution in [0.5, 0.6) is 0 Å². The topological polar surface area (TPSA) is 55.1 Å². The molecule has 4 heteroatoms. The molecule has 18 heavy (non-hydrogen) atoms. The maximum Gasteiger partial charge on any atom is 0.237 e. The Morgan fingerprint density at radius 3 is 2.67 bits per heavy atom. The van der Waals surface area contributed by atoms with E-state index < -0.39 is 6.04 Å². The van der Waals surface area contributed by atoms with Gasteiger partial charge in [-0.2, -0.15) is 11.8 Å². The van der Waals surface area contributed by atoms with Gasteiger partial charge in [-0.3, -0.25) is 4.79 Å². The number of nitrogens with one attached hydrogen (secondary N) is 1. The number of carbonyl (C=O) groups excluding carboxylic acids is 1. The van der Waals surface area contributed by atoms with Crippen molar-refractivity contribution in [2.75, 3.05) is 12.8 Å². The second-order valence-electron chi connectivity index (χ2n) is 4.42. The Kier molecular flexibility index (Phi) is 6.83. The number of hydrogen-bond acceptors (Lipinski definition) is 3. The van der Waals surface area contributed by atoms with E-state index in [4.69, 9.17) is 5.73 Å². The smallest absolute Gasteiger partial charge is 0.237 e. The summed E-state index contributed by atoms with van der Waals surface area (Å²) in [7, 11) is 0. The minimum Gasteiger partial charge on any atom is -0.355 e. The number of nitrogens with two attached hydrogens (primary N) is 1. The molecule has 2 atom stereocenters. The molecule has 0 heterocycles. The molecule has 1 amide bonds. The van der Waals surface area contributed by atoms with Crippen LogP contribution in [-0.4, -0.2) is 30.0 Å². The van der Waals surface area contributed by atoms with Gasteiger partial charge >= 0.3 is 0 Å². The predicted octanol–water partition coefficient (Wildman–Crippen LogP) is 1.81. The van der Waals surface area contributed by atoms with Gasteiger partial charge in [0.1, 0.15) is 0 Å². The summed E-state index contributed by atoms with van der Waals surface area (Å²) in [6.07, 6.45) is 3.64. The molecule has 0 radical (unpaired) electrons. The molecule has 1 rings (SSSR count). The molecule has 1 aromatic carbocycles. The zero-order valence-electron chi connectivity index (χ0n) is 11.1. The molecule has 0 aliphatic rings. The molecule has 100 valence electrons. The third-order valence-electron chi connectivity index (χ3n) is 2.89. The third-order valence-corrected chi connectivity index (χ3v) is 3.93. The standard InChI is InChI=1S/C14H22N2OS/c1-11(18-2)8-9-16-14(17)13(15)10-12-6-4-3-5-7-12/h3-7,11,13H,8-10,15H2,1-2H3,(H,16,17)/t11?,13-/m0/s1. The zero-order valence-corrected chi connectivity index (χ0v) is 11.9. The first-order chi connectivity index (χ1) is 8.63.